The highest BCUT2D eigenvalue weighted by atomic mass is 16.5. The van der Waals surface area contributed by atoms with Gasteiger partial charge in [-0.1, -0.05) is 12.1 Å². The fraction of sp³-hybridized carbons (Fsp3) is 0.500. The van der Waals surface area contributed by atoms with Gasteiger partial charge in [0.25, 0.3) is 5.91 Å². The molecule has 0 radical (unpaired) electrons. The van der Waals surface area contributed by atoms with Crippen molar-refractivity contribution in [3.05, 3.63) is 29.3 Å². The lowest BCUT2D eigenvalue weighted by atomic mass is 10.0. The molecule has 2 N–H and O–H groups in total. The van der Waals surface area contributed by atoms with Crippen LogP contribution in [0.4, 0.5) is 5.69 Å². The van der Waals surface area contributed by atoms with Crippen molar-refractivity contribution in [2.75, 3.05) is 25.4 Å². The summed E-state index contributed by atoms with van der Waals surface area (Å²) in [6.07, 6.45) is 0. The van der Waals surface area contributed by atoms with E-state index in [2.05, 4.69) is 0 Å². The molecule has 4 nitrogen and oxygen atoms in total. The molecule has 1 aliphatic rings. The van der Waals surface area contributed by atoms with Crippen LogP contribution in [0, 0.1) is 6.92 Å². The second-order valence-corrected chi connectivity index (χ2v) is 5.37. The number of nitrogens with two attached hydrogens (primary N) is 1. The molecular formula is C14H20N2O2. The number of amides is 1. The van der Waals surface area contributed by atoms with Crippen molar-refractivity contribution in [3.63, 3.8) is 0 Å². The predicted molar refractivity (Wildman–Crippen MR) is 71.5 cm³/mol. The van der Waals surface area contributed by atoms with Gasteiger partial charge >= 0.3 is 0 Å². The minimum absolute atomic E-state index is 0.00183. The summed E-state index contributed by atoms with van der Waals surface area (Å²) in [5.74, 6) is 0.00183. The van der Waals surface area contributed by atoms with Gasteiger partial charge in [0.15, 0.2) is 0 Å². The molecule has 18 heavy (non-hydrogen) atoms. The van der Waals surface area contributed by atoms with Crippen LogP contribution in [-0.2, 0) is 4.74 Å². The molecule has 1 aliphatic heterocycles. The molecule has 98 valence electrons. The second-order valence-electron chi connectivity index (χ2n) is 5.37. The first-order chi connectivity index (χ1) is 8.41. The van der Waals surface area contributed by atoms with Crippen LogP contribution in [-0.4, -0.2) is 36.1 Å². The summed E-state index contributed by atoms with van der Waals surface area (Å²) < 4.78 is 5.62. The third kappa shape index (κ3) is 2.48. The normalized spacial score (nSPS) is 18.7. The summed E-state index contributed by atoms with van der Waals surface area (Å²) in [5, 5.41) is 0. The molecule has 1 amide bonds. The van der Waals surface area contributed by atoms with E-state index in [9.17, 15) is 4.79 Å². The lowest BCUT2D eigenvalue weighted by Gasteiger charge is -2.38. The van der Waals surface area contributed by atoms with Gasteiger partial charge in [-0.05, 0) is 32.4 Å². The van der Waals surface area contributed by atoms with Crippen molar-refractivity contribution in [1.82, 2.24) is 4.90 Å². The summed E-state index contributed by atoms with van der Waals surface area (Å²) in [6, 6.07) is 5.55. The van der Waals surface area contributed by atoms with Crippen molar-refractivity contribution in [1.29, 1.82) is 0 Å². The topological polar surface area (TPSA) is 55.6 Å². The van der Waals surface area contributed by atoms with Gasteiger partial charge in [0.1, 0.15) is 0 Å². The Kier molecular flexibility index (Phi) is 3.30. The molecule has 1 aromatic rings. The number of nitrogens with zero attached hydrogens (tertiary/aromatic N) is 1. The molecule has 0 aromatic heterocycles. The molecule has 0 saturated carbocycles. The van der Waals surface area contributed by atoms with Gasteiger partial charge in [0.2, 0.25) is 0 Å². The fourth-order valence-electron chi connectivity index (χ4n) is 2.33. The highest BCUT2D eigenvalue weighted by Gasteiger charge is 2.31. The van der Waals surface area contributed by atoms with E-state index in [0.717, 1.165) is 5.56 Å². The third-order valence-corrected chi connectivity index (χ3v) is 3.23. The van der Waals surface area contributed by atoms with Gasteiger partial charge in [-0.25, -0.2) is 0 Å². The lowest BCUT2D eigenvalue weighted by Crippen LogP contribution is -2.50. The second kappa shape index (κ2) is 4.61. The molecule has 1 fully saturated rings. The number of benzene rings is 1. The van der Waals surface area contributed by atoms with Crippen LogP contribution in [0.15, 0.2) is 18.2 Å². The predicted octanol–water partition coefficient (Wildman–Crippen LogP) is 1.83. The van der Waals surface area contributed by atoms with Crippen molar-refractivity contribution >= 4 is 11.6 Å². The molecule has 0 atom stereocenters. The maximum atomic E-state index is 12.5. The van der Waals surface area contributed by atoms with Crippen LogP contribution in [0.2, 0.25) is 0 Å². The minimum Gasteiger partial charge on any atom is -0.398 e. The molecule has 1 saturated heterocycles. The summed E-state index contributed by atoms with van der Waals surface area (Å²) in [4.78, 5) is 14.3. The Morgan fingerprint density at radius 2 is 2.17 bits per heavy atom. The monoisotopic (exact) mass is 248 g/mol. The summed E-state index contributed by atoms with van der Waals surface area (Å²) in [5.41, 5.74) is 7.72. The summed E-state index contributed by atoms with van der Waals surface area (Å²) in [7, 11) is 0. The Labute approximate surface area is 108 Å². The van der Waals surface area contributed by atoms with Gasteiger partial charge in [0.05, 0.1) is 17.8 Å². The first kappa shape index (κ1) is 12.9. The number of nitrogen functional groups attached to an aromatic ring is 1. The number of hydrogen-bond acceptors (Lipinski definition) is 3. The summed E-state index contributed by atoms with van der Waals surface area (Å²) >= 11 is 0. The Morgan fingerprint density at radius 1 is 1.44 bits per heavy atom. The third-order valence-electron chi connectivity index (χ3n) is 3.23. The van der Waals surface area contributed by atoms with Gasteiger partial charge < -0.3 is 15.4 Å². The minimum atomic E-state index is -0.286. The van der Waals surface area contributed by atoms with Crippen molar-refractivity contribution in [2.45, 2.75) is 26.4 Å². The van der Waals surface area contributed by atoms with Gasteiger partial charge in [-0.3, -0.25) is 4.79 Å². The molecule has 2 rings (SSSR count). The molecule has 0 bridgehead atoms. The zero-order valence-electron chi connectivity index (χ0n) is 11.2. The van der Waals surface area contributed by atoms with Crippen LogP contribution >= 0.6 is 0 Å². The first-order valence-corrected chi connectivity index (χ1v) is 6.19. The Bertz CT molecular complexity index is 449. The highest BCUT2D eigenvalue weighted by molar-refractivity contribution is 6.00. The quantitative estimate of drug-likeness (QED) is 0.771. The number of anilines is 1. The molecule has 0 aliphatic carbocycles. The smallest absolute Gasteiger partial charge is 0.256 e. The van der Waals surface area contributed by atoms with E-state index in [4.69, 9.17) is 10.5 Å². The highest BCUT2D eigenvalue weighted by Crippen LogP contribution is 2.22. The molecular weight excluding hydrogens is 228 g/mol. The van der Waals surface area contributed by atoms with E-state index in [1.54, 1.807) is 6.07 Å². The fourth-order valence-corrected chi connectivity index (χ4v) is 2.33. The van der Waals surface area contributed by atoms with E-state index in [1.165, 1.54) is 0 Å². The van der Waals surface area contributed by atoms with Crippen LogP contribution in [0.3, 0.4) is 0 Å². The molecule has 1 aromatic carbocycles. The van der Waals surface area contributed by atoms with Crippen molar-refractivity contribution in [3.8, 4) is 0 Å². The van der Waals surface area contributed by atoms with Crippen LogP contribution in [0.1, 0.15) is 29.8 Å². The van der Waals surface area contributed by atoms with E-state index in [-0.39, 0.29) is 11.5 Å². The Hall–Kier alpha value is -1.55. The van der Waals surface area contributed by atoms with E-state index >= 15 is 0 Å². The largest absolute Gasteiger partial charge is 0.398 e. The average Bonchev–Trinajstić information content (AvgIpc) is 2.27. The summed E-state index contributed by atoms with van der Waals surface area (Å²) in [6.45, 7) is 7.69. The van der Waals surface area contributed by atoms with Gasteiger partial charge in [-0.15, -0.1) is 0 Å². The maximum Gasteiger partial charge on any atom is 0.256 e. The van der Waals surface area contributed by atoms with E-state index in [1.807, 2.05) is 37.8 Å². The van der Waals surface area contributed by atoms with Crippen molar-refractivity contribution in [2.24, 2.45) is 0 Å². The van der Waals surface area contributed by atoms with Crippen LogP contribution in [0.5, 0.6) is 0 Å². The number of carbonyl (C=O) groups excluding carboxylic acids is 1. The molecule has 0 spiro atoms. The number of morpholine rings is 1. The number of rotatable bonds is 1. The number of ether oxygens (including phenoxy) is 1. The molecule has 0 unspecified atom stereocenters. The first-order valence-electron chi connectivity index (χ1n) is 6.19. The standard InChI is InChI=1S/C14H20N2O2/c1-10-5-4-6-11(15)12(10)13(17)16-7-8-18-14(2,3)9-16/h4-6H,7-9,15H2,1-3H3. The lowest BCUT2D eigenvalue weighted by molar-refractivity contribution is -0.0763. The zero-order chi connectivity index (χ0) is 13.3. The van der Waals surface area contributed by atoms with Gasteiger partial charge in [-0.2, -0.15) is 0 Å². The average molecular weight is 248 g/mol. The Balaban J connectivity index is 2.26. The number of hydrogen-bond donors (Lipinski definition) is 1. The van der Waals surface area contributed by atoms with Gasteiger partial charge in [0, 0.05) is 18.8 Å². The number of carbonyl (C=O) groups is 1. The van der Waals surface area contributed by atoms with E-state index in [0.29, 0.717) is 30.9 Å². The SMILES string of the molecule is Cc1cccc(N)c1C(=O)N1CCOC(C)(C)C1. The zero-order valence-corrected chi connectivity index (χ0v) is 11.2. The van der Waals surface area contributed by atoms with Crippen molar-refractivity contribution < 1.29 is 9.53 Å². The van der Waals surface area contributed by atoms with E-state index < -0.39 is 0 Å². The Morgan fingerprint density at radius 3 is 2.78 bits per heavy atom. The number of aryl methyl sites for hydroxylation is 1. The van der Waals surface area contributed by atoms with Crippen LogP contribution in [0.25, 0.3) is 0 Å². The molecule has 1 heterocycles. The maximum absolute atomic E-state index is 12.5. The van der Waals surface area contributed by atoms with Crippen LogP contribution < -0.4 is 5.73 Å². The molecule has 4 heteroatoms.